The second kappa shape index (κ2) is 11.4. The van der Waals surface area contributed by atoms with Crippen molar-refractivity contribution in [3.8, 4) is 5.75 Å². The highest BCUT2D eigenvalue weighted by atomic mass is 16.5. The van der Waals surface area contributed by atoms with Crippen molar-refractivity contribution < 1.29 is 14.6 Å². The van der Waals surface area contributed by atoms with Crippen LogP contribution in [-0.4, -0.2) is 65.7 Å². The van der Waals surface area contributed by atoms with Crippen LogP contribution in [-0.2, 0) is 6.42 Å². The number of hydrogen-bond acceptors (Lipinski definition) is 4. The number of hydrogen-bond donors (Lipinski definition) is 1. The first-order valence-corrected chi connectivity index (χ1v) is 13.5. The Morgan fingerprint density at radius 3 is 2.36 bits per heavy atom. The Hall–Kier alpha value is -2.89. The van der Waals surface area contributed by atoms with Gasteiger partial charge in [-0.05, 0) is 85.8 Å². The van der Waals surface area contributed by atoms with Gasteiger partial charge in [0.15, 0.2) is 0 Å². The zero-order valence-corrected chi connectivity index (χ0v) is 21.2. The van der Waals surface area contributed by atoms with E-state index in [1.807, 2.05) is 53.4 Å². The van der Waals surface area contributed by atoms with Crippen LogP contribution in [0.25, 0.3) is 10.8 Å². The van der Waals surface area contributed by atoms with Crippen molar-refractivity contribution in [1.82, 2.24) is 9.80 Å². The van der Waals surface area contributed by atoms with Gasteiger partial charge >= 0.3 is 0 Å². The van der Waals surface area contributed by atoms with E-state index in [4.69, 9.17) is 4.74 Å². The molecule has 3 aromatic carbocycles. The van der Waals surface area contributed by atoms with Crippen LogP contribution in [0.4, 0.5) is 0 Å². The summed E-state index contributed by atoms with van der Waals surface area (Å²) in [7, 11) is 0. The number of benzene rings is 3. The largest absolute Gasteiger partial charge is 0.494 e. The fraction of sp³-hybridized carbons (Fsp3) is 0.452. The van der Waals surface area contributed by atoms with Gasteiger partial charge in [-0.2, -0.15) is 0 Å². The SMILES string of the molecule is O=C(c1ccc2cc(OCCCN3CCCCC3)ccc2c1)N1CCC(O)(Cc2ccccc2)CC1. The lowest BCUT2D eigenvalue weighted by Gasteiger charge is -2.38. The van der Waals surface area contributed by atoms with E-state index in [2.05, 4.69) is 23.1 Å². The molecule has 2 heterocycles. The highest BCUT2D eigenvalue weighted by Crippen LogP contribution is 2.28. The molecule has 36 heavy (non-hydrogen) atoms. The van der Waals surface area contributed by atoms with E-state index in [1.54, 1.807) is 0 Å². The predicted octanol–water partition coefficient (Wildman–Crippen LogP) is 5.30. The fourth-order valence-corrected chi connectivity index (χ4v) is 5.57. The number of ether oxygens (including phenoxy) is 1. The molecule has 5 nitrogen and oxygen atoms in total. The second-order valence-corrected chi connectivity index (χ2v) is 10.5. The number of carbonyl (C=O) groups excluding carboxylic acids is 1. The first-order valence-electron chi connectivity index (χ1n) is 13.5. The summed E-state index contributed by atoms with van der Waals surface area (Å²) < 4.78 is 6.01. The van der Waals surface area contributed by atoms with Gasteiger partial charge in [-0.25, -0.2) is 0 Å². The van der Waals surface area contributed by atoms with Crippen LogP contribution < -0.4 is 4.74 Å². The van der Waals surface area contributed by atoms with Gasteiger partial charge in [-0.3, -0.25) is 4.79 Å². The van der Waals surface area contributed by atoms with Crippen molar-refractivity contribution in [2.75, 3.05) is 39.3 Å². The molecule has 190 valence electrons. The van der Waals surface area contributed by atoms with Gasteiger partial charge in [-0.15, -0.1) is 0 Å². The third-order valence-corrected chi connectivity index (χ3v) is 7.75. The predicted molar refractivity (Wildman–Crippen MR) is 145 cm³/mol. The molecule has 0 unspecified atom stereocenters. The number of aliphatic hydroxyl groups is 1. The van der Waals surface area contributed by atoms with Gasteiger partial charge in [-0.1, -0.05) is 48.9 Å². The molecule has 3 aromatic rings. The number of carbonyl (C=O) groups is 1. The number of rotatable bonds is 8. The summed E-state index contributed by atoms with van der Waals surface area (Å²) >= 11 is 0. The van der Waals surface area contributed by atoms with E-state index in [-0.39, 0.29) is 5.91 Å². The quantitative estimate of drug-likeness (QED) is 0.439. The molecule has 2 fully saturated rings. The molecular weight excluding hydrogens is 448 g/mol. The normalized spacial score (nSPS) is 18.3. The van der Waals surface area contributed by atoms with Crippen LogP contribution in [0, 0.1) is 0 Å². The van der Waals surface area contributed by atoms with Crippen molar-refractivity contribution in [3.05, 3.63) is 77.9 Å². The highest BCUT2D eigenvalue weighted by Gasteiger charge is 2.34. The second-order valence-electron chi connectivity index (χ2n) is 10.5. The molecule has 2 aliphatic heterocycles. The van der Waals surface area contributed by atoms with Crippen LogP contribution in [0.2, 0.25) is 0 Å². The molecular formula is C31H38N2O3. The first-order chi connectivity index (χ1) is 17.6. The van der Waals surface area contributed by atoms with E-state index >= 15 is 0 Å². The molecule has 0 spiro atoms. The zero-order chi connectivity index (χ0) is 24.8. The Kier molecular flexibility index (Phi) is 7.88. The molecule has 1 N–H and O–H groups in total. The Bertz CT molecular complexity index is 1150. The minimum absolute atomic E-state index is 0.0386. The number of piperidine rings is 2. The molecule has 0 aromatic heterocycles. The Morgan fingerprint density at radius 1 is 0.861 bits per heavy atom. The lowest BCUT2D eigenvalue weighted by Crippen LogP contribution is -2.47. The molecule has 0 bridgehead atoms. The van der Waals surface area contributed by atoms with Gasteiger partial charge in [0.2, 0.25) is 0 Å². The zero-order valence-electron chi connectivity index (χ0n) is 21.2. The van der Waals surface area contributed by atoms with Crippen LogP contribution >= 0.6 is 0 Å². The minimum atomic E-state index is -0.744. The van der Waals surface area contributed by atoms with Crippen LogP contribution in [0.15, 0.2) is 66.7 Å². The van der Waals surface area contributed by atoms with E-state index in [9.17, 15) is 9.90 Å². The van der Waals surface area contributed by atoms with Crippen molar-refractivity contribution in [2.24, 2.45) is 0 Å². The summed E-state index contributed by atoms with van der Waals surface area (Å²) in [5, 5.41) is 13.2. The molecule has 2 aliphatic rings. The number of fused-ring (bicyclic) bond motifs is 1. The van der Waals surface area contributed by atoms with Crippen molar-refractivity contribution >= 4 is 16.7 Å². The first kappa shape index (κ1) is 24.8. The molecule has 5 heteroatoms. The van der Waals surface area contributed by atoms with Crippen molar-refractivity contribution in [2.45, 2.75) is 50.5 Å². The van der Waals surface area contributed by atoms with E-state index in [0.29, 0.717) is 37.9 Å². The fourth-order valence-electron chi connectivity index (χ4n) is 5.57. The third kappa shape index (κ3) is 6.26. The maximum Gasteiger partial charge on any atom is 0.253 e. The molecule has 2 saturated heterocycles. The average Bonchev–Trinajstić information content (AvgIpc) is 2.92. The molecule has 1 amide bonds. The Morgan fingerprint density at radius 2 is 1.58 bits per heavy atom. The van der Waals surface area contributed by atoms with Gasteiger partial charge in [0.1, 0.15) is 5.75 Å². The van der Waals surface area contributed by atoms with E-state index in [1.165, 1.54) is 32.4 Å². The monoisotopic (exact) mass is 486 g/mol. The third-order valence-electron chi connectivity index (χ3n) is 7.75. The lowest BCUT2D eigenvalue weighted by atomic mass is 9.85. The van der Waals surface area contributed by atoms with E-state index < -0.39 is 5.60 Å². The molecule has 0 aliphatic carbocycles. The maximum absolute atomic E-state index is 13.2. The van der Waals surface area contributed by atoms with E-state index in [0.717, 1.165) is 41.7 Å². The molecule has 0 atom stereocenters. The minimum Gasteiger partial charge on any atom is -0.494 e. The number of amides is 1. The number of likely N-dealkylation sites (tertiary alicyclic amines) is 2. The summed E-state index contributed by atoms with van der Waals surface area (Å²) in [6.07, 6.45) is 6.89. The summed E-state index contributed by atoms with van der Waals surface area (Å²) in [5.41, 5.74) is 1.09. The molecule has 0 radical (unpaired) electrons. The van der Waals surface area contributed by atoms with Crippen molar-refractivity contribution in [3.63, 3.8) is 0 Å². The van der Waals surface area contributed by atoms with Crippen LogP contribution in [0.3, 0.4) is 0 Å². The average molecular weight is 487 g/mol. The van der Waals surface area contributed by atoms with Crippen LogP contribution in [0.1, 0.15) is 54.4 Å². The summed E-state index contributed by atoms with van der Waals surface area (Å²) in [5.74, 6) is 0.922. The smallest absolute Gasteiger partial charge is 0.253 e. The summed E-state index contributed by atoms with van der Waals surface area (Å²) in [6.45, 7) is 5.43. The van der Waals surface area contributed by atoms with Gasteiger partial charge in [0, 0.05) is 31.6 Å². The Balaban J connectivity index is 1.14. The summed E-state index contributed by atoms with van der Waals surface area (Å²) in [4.78, 5) is 17.6. The van der Waals surface area contributed by atoms with Gasteiger partial charge in [0.25, 0.3) is 5.91 Å². The van der Waals surface area contributed by atoms with Gasteiger partial charge < -0.3 is 19.6 Å². The molecule has 5 rings (SSSR count). The lowest BCUT2D eigenvalue weighted by molar-refractivity contribution is -0.0162. The number of nitrogens with zero attached hydrogens (tertiary/aromatic N) is 2. The maximum atomic E-state index is 13.2. The Labute approximate surface area is 214 Å². The topological polar surface area (TPSA) is 53.0 Å². The molecule has 0 saturated carbocycles. The van der Waals surface area contributed by atoms with Gasteiger partial charge in [0.05, 0.1) is 12.2 Å². The summed E-state index contributed by atoms with van der Waals surface area (Å²) in [6, 6.07) is 22.1. The van der Waals surface area contributed by atoms with Crippen molar-refractivity contribution in [1.29, 1.82) is 0 Å². The standard InChI is InChI=1S/C31H38N2O3/c34-30(33-19-14-31(35,15-20-33)24-25-8-3-1-4-9-25)28-11-10-27-23-29(13-12-26(27)22-28)36-21-7-18-32-16-5-2-6-17-32/h1,3-4,8-13,22-23,35H,2,5-7,14-21,24H2. The van der Waals surface area contributed by atoms with Crippen LogP contribution in [0.5, 0.6) is 5.75 Å². The highest BCUT2D eigenvalue weighted by molar-refractivity contribution is 5.98.